The molecular weight excluding hydrogens is 331 g/mol. The van der Waals surface area contributed by atoms with E-state index >= 15 is 0 Å². The standard InChI is InChI=1S/C21H21FN2O2/c22-18-7-3-1-6-16(18)20(21(25)26)24-11-9-14(10-12-24)17-13-23-19-8-4-2-5-15(17)19/h1-8,13-14,20,23H,9-12H2,(H,25,26). The molecule has 1 saturated heterocycles. The fourth-order valence-corrected chi connectivity index (χ4v) is 4.08. The first-order chi connectivity index (χ1) is 12.6. The van der Waals surface area contributed by atoms with Crippen LogP contribution >= 0.6 is 0 Å². The van der Waals surface area contributed by atoms with Crippen LogP contribution in [-0.2, 0) is 4.79 Å². The predicted molar refractivity (Wildman–Crippen MR) is 98.6 cm³/mol. The van der Waals surface area contributed by atoms with Gasteiger partial charge in [-0.15, -0.1) is 0 Å². The largest absolute Gasteiger partial charge is 0.480 e. The van der Waals surface area contributed by atoms with E-state index in [9.17, 15) is 14.3 Å². The lowest BCUT2D eigenvalue weighted by Gasteiger charge is -2.36. The molecule has 2 N–H and O–H groups in total. The predicted octanol–water partition coefficient (Wildman–Crippen LogP) is 4.31. The molecule has 4 nitrogen and oxygen atoms in total. The Morgan fingerprint density at radius 2 is 1.81 bits per heavy atom. The van der Waals surface area contributed by atoms with E-state index in [1.165, 1.54) is 17.0 Å². The highest BCUT2D eigenvalue weighted by atomic mass is 19.1. The molecule has 0 spiro atoms. The molecule has 2 aromatic carbocycles. The Labute approximate surface area is 151 Å². The number of benzene rings is 2. The summed E-state index contributed by atoms with van der Waals surface area (Å²) in [6.45, 7) is 1.27. The normalized spacial score (nSPS) is 17.4. The molecule has 1 unspecified atom stereocenters. The van der Waals surface area contributed by atoms with E-state index in [0.717, 1.165) is 18.4 Å². The number of likely N-dealkylation sites (tertiary alicyclic amines) is 1. The number of carbonyl (C=O) groups is 1. The number of nitrogens with zero attached hydrogens (tertiary/aromatic N) is 1. The fraction of sp³-hybridized carbons (Fsp3) is 0.286. The number of aliphatic carboxylic acids is 1. The molecule has 3 aromatic rings. The Bertz CT molecular complexity index is 928. The summed E-state index contributed by atoms with van der Waals surface area (Å²) in [6.07, 6.45) is 3.79. The number of rotatable bonds is 4. The van der Waals surface area contributed by atoms with Gasteiger partial charge in [0.25, 0.3) is 0 Å². The molecule has 0 amide bonds. The highest BCUT2D eigenvalue weighted by molar-refractivity contribution is 5.83. The number of aromatic nitrogens is 1. The number of carboxylic acids is 1. The summed E-state index contributed by atoms with van der Waals surface area (Å²) in [5.41, 5.74) is 2.66. The van der Waals surface area contributed by atoms with Gasteiger partial charge in [-0.25, -0.2) is 4.39 Å². The summed E-state index contributed by atoms with van der Waals surface area (Å²) in [5.74, 6) is -1.07. The number of H-pyrrole nitrogens is 1. The van der Waals surface area contributed by atoms with E-state index in [1.54, 1.807) is 18.2 Å². The van der Waals surface area contributed by atoms with E-state index in [1.807, 2.05) is 17.0 Å². The quantitative estimate of drug-likeness (QED) is 0.735. The van der Waals surface area contributed by atoms with E-state index in [4.69, 9.17) is 0 Å². The molecule has 1 aliphatic heterocycles. The average Bonchev–Trinajstić information content (AvgIpc) is 3.08. The summed E-state index contributed by atoms with van der Waals surface area (Å²) in [4.78, 5) is 17.0. The molecule has 0 aliphatic carbocycles. The number of piperidine rings is 1. The smallest absolute Gasteiger partial charge is 0.325 e. The molecule has 1 aromatic heterocycles. The van der Waals surface area contributed by atoms with Crippen molar-refractivity contribution in [1.29, 1.82) is 0 Å². The van der Waals surface area contributed by atoms with Crippen LogP contribution in [0.1, 0.15) is 35.9 Å². The van der Waals surface area contributed by atoms with Gasteiger partial charge in [0, 0.05) is 22.7 Å². The third kappa shape index (κ3) is 2.99. The maximum atomic E-state index is 14.1. The van der Waals surface area contributed by atoms with Crippen LogP contribution in [0.15, 0.2) is 54.7 Å². The van der Waals surface area contributed by atoms with Crippen LogP contribution in [0.4, 0.5) is 4.39 Å². The molecule has 2 heterocycles. The summed E-state index contributed by atoms with van der Waals surface area (Å²) in [7, 11) is 0. The lowest BCUT2D eigenvalue weighted by Crippen LogP contribution is -2.40. The number of fused-ring (bicyclic) bond motifs is 1. The van der Waals surface area contributed by atoms with Crippen molar-refractivity contribution in [2.24, 2.45) is 0 Å². The molecule has 26 heavy (non-hydrogen) atoms. The van der Waals surface area contributed by atoms with Gasteiger partial charge in [0.15, 0.2) is 0 Å². The lowest BCUT2D eigenvalue weighted by atomic mass is 9.88. The molecule has 4 rings (SSSR count). The van der Waals surface area contributed by atoms with Crippen LogP contribution in [-0.4, -0.2) is 34.0 Å². The average molecular weight is 352 g/mol. The Hall–Kier alpha value is -2.66. The third-order valence-electron chi connectivity index (χ3n) is 5.39. The van der Waals surface area contributed by atoms with Gasteiger partial charge in [-0.3, -0.25) is 9.69 Å². The second kappa shape index (κ2) is 6.92. The number of carboxylic acid groups (broad SMARTS) is 1. The Balaban J connectivity index is 1.54. The van der Waals surface area contributed by atoms with E-state index in [0.29, 0.717) is 19.0 Å². The summed E-state index contributed by atoms with van der Waals surface area (Å²) < 4.78 is 14.1. The third-order valence-corrected chi connectivity index (χ3v) is 5.39. The zero-order valence-electron chi connectivity index (χ0n) is 14.4. The minimum Gasteiger partial charge on any atom is -0.480 e. The molecule has 1 aliphatic rings. The van der Waals surface area contributed by atoms with Crippen LogP contribution in [0.5, 0.6) is 0 Å². The number of para-hydroxylation sites is 1. The van der Waals surface area contributed by atoms with Crippen LogP contribution in [0.2, 0.25) is 0 Å². The second-order valence-corrected chi connectivity index (χ2v) is 6.86. The van der Waals surface area contributed by atoms with Crippen molar-refractivity contribution in [3.8, 4) is 0 Å². The molecule has 5 heteroatoms. The van der Waals surface area contributed by atoms with Gasteiger partial charge in [0.2, 0.25) is 0 Å². The van der Waals surface area contributed by atoms with Gasteiger partial charge in [0.1, 0.15) is 11.9 Å². The van der Waals surface area contributed by atoms with Crippen molar-refractivity contribution in [3.63, 3.8) is 0 Å². The van der Waals surface area contributed by atoms with Gasteiger partial charge >= 0.3 is 5.97 Å². The second-order valence-electron chi connectivity index (χ2n) is 6.86. The molecule has 0 radical (unpaired) electrons. The van der Waals surface area contributed by atoms with Crippen molar-refractivity contribution in [2.45, 2.75) is 24.8 Å². The maximum absolute atomic E-state index is 14.1. The lowest BCUT2D eigenvalue weighted by molar-refractivity contribution is -0.144. The van der Waals surface area contributed by atoms with Gasteiger partial charge in [-0.05, 0) is 49.5 Å². The monoisotopic (exact) mass is 352 g/mol. The number of hydrogen-bond acceptors (Lipinski definition) is 2. The fourth-order valence-electron chi connectivity index (χ4n) is 4.08. The topological polar surface area (TPSA) is 56.3 Å². The molecule has 1 fully saturated rings. The first-order valence-corrected chi connectivity index (χ1v) is 8.92. The Kier molecular flexibility index (Phi) is 4.47. The first kappa shape index (κ1) is 16.8. The summed E-state index contributed by atoms with van der Waals surface area (Å²) in [5, 5.41) is 10.9. The van der Waals surface area contributed by atoms with Gasteiger partial charge in [-0.1, -0.05) is 36.4 Å². The van der Waals surface area contributed by atoms with E-state index in [-0.39, 0.29) is 5.56 Å². The van der Waals surface area contributed by atoms with Crippen molar-refractivity contribution in [3.05, 3.63) is 71.7 Å². The summed E-state index contributed by atoms with van der Waals surface area (Å²) in [6, 6.07) is 13.5. The molecule has 0 bridgehead atoms. The zero-order valence-corrected chi connectivity index (χ0v) is 14.4. The number of halogens is 1. The van der Waals surface area contributed by atoms with Crippen LogP contribution in [0.3, 0.4) is 0 Å². The highest BCUT2D eigenvalue weighted by Gasteiger charge is 2.33. The maximum Gasteiger partial charge on any atom is 0.325 e. The van der Waals surface area contributed by atoms with Crippen LogP contribution in [0, 0.1) is 5.82 Å². The van der Waals surface area contributed by atoms with Crippen molar-refractivity contribution >= 4 is 16.9 Å². The molecule has 1 atom stereocenters. The number of hydrogen-bond donors (Lipinski definition) is 2. The zero-order chi connectivity index (χ0) is 18.1. The SMILES string of the molecule is O=C(O)C(c1ccccc1F)N1CCC(c2c[nH]c3ccccc23)CC1. The van der Waals surface area contributed by atoms with Crippen molar-refractivity contribution in [1.82, 2.24) is 9.88 Å². The van der Waals surface area contributed by atoms with Crippen LogP contribution < -0.4 is 0 Å². The number of aromatic amines is 1. The summed E-state index contributed by atoms with van der Waals surface area (Å²) >= 11 is 0. The van der Waals surface area contributed by atoms with E-state index in [2.05, 4.69) is 23.3 Å². The Morgan fingerprint density at radius 1 is 1.12 bits per heavy atom. The van der Waals surface area contributed by atoms with E-state index < -0.39 is 17.8 Å². The van der Waals surface area contributed by atoms with Crippen molar-refractivity contribution < 1.29 is 14.3 Å². The first-order valence-electron chi connectivity index (χ1n) is 8.92. The van der Waals surface area contributed by atoms with Crippen LogP contribution in [0.25, 0.3) is 10.9 Å². The molecular formula is C21H21FN2O2. The Morgan fingerprint density at radius 3 is 2.54 bits per heavy atom. The van der Waals surface area contributed by atoms with Crippen molar-refractivity contribution in [2.75, 3.05) is 13.1 Å². The number of nitrogens with one attached hydrogen (secondary N) is 1. The molecule has 0 saturated carbocycles. The molecule has 134 valence electrons. The highest BCUT2D eigenvalue weighted by Crippen LogP contribution is 2.36. The minimum absolute atomic E-state index is 0.241. The van der Waals surface area contributed by atoms with Gasteiger partial charge in [-0.2, -0.15) is 0 Å². The van der Waals surface area contributed by atoms with Gasteiger partial charge < -0.3 is 10.1 Å². The van der Waals surface area contributed by atoms with Gasteiger partial charge in [0.05, 0.1) is 0 Å². The minimum atomic E-state index is -0.999.